The number of nitrogens with zero attached hydrogens (tertiary/aromatic N) is 4. The van der Waals surface area contributed by atoms with E-state index in [2.05, 4.69) is 97.0 Å². The monoisotopic (exact) mass is 472 g/mol. The molecule has 0 spiro atoms. The molecule has 4 atom stereocenters. The summed E-state index contributed by atoms with van der Waals surface area (Å²) >= 11 is 0. The standard InChI is InChI=1S/C31H44N4/c1-26-14-12-16-28(26)24-32-34(30-18-6-3-7-19-30)22-10-5-11-23-35(31-20-8-4-9-21-31)33-25-29-17-13-15-27(29)2/h3-4,6-9,18-21,24-29H,5,10-17,22-23H2,1-2H3/b32-24+,33-25+. The van der Waals surface area contributed by atoms with Crippen molar-refractivity contribution in [1.29, 1.82) is 0 Å². The summed E-state index contributed by atoms with van der Waals surface area (Å²) < 4.78 is 0. The molecule has 0 saturated heterocycles. The summed E-state index contributed by atoms with van der Waals surface area (Å²) in [5.41, 5.74) is 2.38. The van der Waals surface area contributed by atoms with E-state index in [-0.39, 0.29) is 0 Å². The summed E-state index contributed by atoms with van der Waals surface area (Å²) in [6.45, 7) is 6.64. The van der Waals surface area contributed by atoms with Crippen molar-refractivity contribution >= 4 is 23.8 Å². The van der Waals surface area contributed by atoms with Crippen molar-refractivity contribution < 1.29 is 0 Å². The normalized spacial score (nSPS) is 24.5. The number of unbranched alkanes of at least 4 members (excludes halogenated alkanes) is 2. The fraction of sp³-hybridized carbons (Fsp3) is 0.548. The van der Waals surface area contributed by atoms with Crippen LogP contribution in [0.2, 0.25) is 0 Å². The van der Waals surface area contributed by atoms with Crippen LogP contribution in [0.5, 0.6) is 0 Å². The second kappa shape index (κ2) is 13.5. The molecule has 0 aliphatic heterocycles. The van der Waals surface area contributed by atoms with E-state index >= 15 is 0 Å². The van der Waals surface area contributed by atoms with Crippen molar-refractivity contribution in [3.8, 4) is 0 Å². The van der Waals surface area contributed by atoms with E-state index in [1.807, 2.05) is 0 Å². The molecule has 4 nitrogen and oxygen atoms in total. The van der Waals surface area contributed by atoms with Crippen LogP contribution < -0.4 is 10.0 Å². The third-order valence-corrected chi connectivity index (χ3v) is 8.00. The lowest BCUT2D eigenvalue weighted by atomic mass is 10.00. The van der Waals surface area contributed by atoms with Crippen molar-refractivity contribution in [1.82, 2.24) is 0 Å². The van der Waals surface area contributed by atoms with Crippen molar-refractivity contribution in [3.63, 3.8) is 0 Å². The molecule has 2 saturated carbocycles. The predicted molar refractivity (Wildman–Crippen MR) is 151 cm³/mol. The Bertz CT molecular complexity index is 835. The molecule has 4 rings (SSSR count). The SMILES string of the molecule is CC1CCCC1/C=N/N(CCCCCN(/N=C/C1CCCC1C)c1ccccc1)c1ccccc1. The Morgan fingerprint density at radius 3 is 1.43 bits per heavy atom. The third-order valence-electron chi connectivity index (χ3n) is 8.00. The zero-order valence-electron chi connectivity index (χ0n) is 21.8. The summed E-state index contributed by atoms with van der Waals surface area (Å²) in [5.74, 6) is 2.77. The highest BCUT2D eigenvalue weighted by atomic mass is 15.5. The van der Waals surface area contributed by atoms with E-state index in [0.29, 0.717) is 11.8 Å². The van der Waals surface area contributed by atoms with Gasteiger partial charge in [-0.3, -0.25) is 10.0 Å². The minimum absolute atomic E-state index is 0.626. The number of para-hydroxylation sites is 2. The molecular weight excluding hydrogens is 428 g/mol. The third kappa shape index (κ3) is 7.68. The molecule has 0 heterocycles. The summed E-state index contributed by atoms with van der Waals surface area (Å²) in [7, 11) is 0. The summed E-state index contributed by atoms with van der Waals surface area (Å²) in [5, 5.41) is 14.3. The van der Waals surface area contributed by atoms with E-state index in [1.54, 1.807) is 0 Å². The fourth-order valence-electron chi connectivity index (χ4n) is 5.53. The van der Waals surface area contributed by atoms with Crippen LogP contribution in [-0.4, -0.2) is 25.5 Å². The van der Waals surface area contributed by atoms with Gasteiger partial charge in [0, 0.05) is 25.5 Å². The summed E-state index contributed by atoms with van der Waals surface area (Å²) in [4.78, 5) is 0. The van der Waals surface area contributed by atoms with Gasteiger partial charge in [0.1, 0.15) is 0 Å². The van der Waals surface area contributed by atoms with Crippen LogP contribution in [0.4, 0.5) is 11.4 Å². The van der Waals surface area contributed by atoms with Crippen LogP contribution >= 0.6 is 0 Å². The maximum atomic E-state index is 4.96. The Balaban J connectivity index is 1.30. The Morgan fingerprint density at radius 1 is 0.629 bits per heavy atom. The lowest BCUT2D eigenvalue weighted by Gasteiger charge is -2.22. The van der Waals surface area contributed by atoms with Gasteiger partial charge in [-0.15, -0.1) is 0 Å². The molecule has 0 amide bonds. The van der Waals surface area contributed by atoms with Gasteiger partial charge in [-0.1, -0.05) is 75.9 Å². The smallest absolute Gasteiger partial charge is 0.0593 e. The molecule has 0 bridgehead atoms. The number of anilines is 2. The van der Waals surface area contributed by atoms with E-state index < -0.39 is 0 Å². The van der Waals surface area contributed by atoms with Gasteiger partial charge >= 0.3 is 0 Å². The highest BCUT2D eigenvalue weighted by Gasteiger charge is 2.22. The van der Waals surface area contributed by atoms with Crippen LogP contribution in [0.3, 0.4) is 0 Å². The van der Waals surface area contributed by atoms with Crippen LogP contribution in [0, 0.1) is 23.7 Å². The van der Waals surface area contributed by atoms with Crippen LogP contribution in [0.1, 0.15) is 71.6 Å². The van der Waals surface area contributed by atoms with Gasteiger partial charge in [-0.25, -0.2) is 0 Å². The first-order chi connectivity index (χ1) is 17.2. The molecule has 0 aromatic heterocycles. The number of hydrogen-bond donors (Lipinski definition) is 0. The van der Waals surface area contributed by atoms with Crippen LogP contribution in [0.25, 0.3) is 0 Å². The van der Waals surface area contributed by atoms with Crippen molar-refractivity contribution in [3.05, 3.63) is 60.7 Å². The molecular formula is C31H44N4. The van der Waals surface area contributed by atoms with E-state index in [9.17, 15) is 0 Å². The molecule has 4 unspecified atom stereocenters. The predicted octanol–water partition coefficient (Wildman–Crippen LogP) is 8.01. The van der Waals surface area contributed by atoms with Crippen molar-refractivity contribution in [2.75, 3.05) is 23.1 Å². The minimum atomic E-state index is 0.626. The largest absolute Gasteiger partial charge is 0.266 e. The zero-order valence-corrected chi connectivity index (χ0v) is 21.8. The molecule has 2 aromatic rings. The average Bonchev–Trinajstić information content (AvgIpc) is 3.50. The van der Waals surface area contributed by atoms with E-state index in [1.165, 1.54) is 49.9 Å². The van der Waals surface area contributed by atoms with E-state index in [0.717, 1.165) is 44.2 Å². The first-order valence-electron chi connectivity index (χ1n) is 13.9. The Morgan fingerprint density at radius 2 is 1.06 bits per heavy atom. The molecule has 0 radical (unpaired) electrons. The lowest BCUT2D eigenvalue weighted by molar-refractivity contribution is 0.535. The van der Waals surface area contributed by atoms with Gasteiger partial charge in [-0.2, -0.15) is 10.2 Å². The second-order valence-corrected chi connectivity index (χ2v) is 10.7. The molecule has 2 fully saturated rings. The molecule has 2 aromatic carbocycles. The molecule has 2 aliphatic carbocycles. The van der Waals surface area contributed by atoms with Gasteiger partial charge in [0.2, 0.25) is 0 Å². The fourth-order valence-corrected chi connectivity index (χ4v) is 5.53. The zero-order chi connectivity index (χ0) is 24.3. The maximum Gasteiger partial charge on any atom is 0.0593 e. The topological polar surface area (TPSA) is 31.2 Å². The molecule has 35 heavy (non-hydrogen) atoms. The van der Waals surface area contributed by atoms with E-state index in [4.69, 9.17) is 10.2 Å². The molecule has 2 aliphatic rings. The molecule has 188 valence electrons. The molecule has 0 N–H and O–H groups in total. The lowest BCUT2D eigenvalue weighted by Crippen LogP contribution is -2.21. The molecule has 4 heteroatoms. The Labute approximate surface area is 213 Å². The first-order valence-corrected chi connectivity index (χ1v) is 13.9. The van der Waals surface area contributed by atoms with Gasteiger partial charge in [-0.05, 0) is 80.0 Å². The van der Waals surface area contributed by atoms with Gasteiger partial charge in [0.15, 0.2) is 0 Å². The number of hydrogen-bond acceptors (Lipinski definition) is 4. The minimum Gasteiger partial charge on any atom is -0.266 e. The highest BCUT2D eigenvalue weighted by molar-refractivity contribution is 5.64. The highest BCUT2D eigenvalue weighted by Crippen LogP contribution is 2.31. The average molecular weight is 473 g/mol. The Hall–Kier alpha value is -2.62. The summed E-state index contributed by atoms with van der Waals surface area (Å²) in [6, 6.07) is 21.3. The number of benzene rings is 2. The van der Waals surface area contributed by atoms with Crippen molar-refractivity contribution in [2.24, 2.45) is 33.9 Å². The maximum absolute atomic E-state index is 4.96. The Kier molecular flexibility index (Phi) is 9.80. The quantitative estimate of drug-likeness (QED) is 0.178. The summed E-state index contributed by atoms with van der Waals surface area (Å²) in [6.07, 6.45) is 15.8. The van der Waals surface area contributed by atoms with Crippen LogP contribution in [-0.2, 0) is 0 Å². The van der Waals surface area contributed by atoms with Gasteiger partial charge in [0.25, 0.3) is 0 Å². The van der Waals surface area contributed by atoms with Crippen molar-refractivity contribution in [2.45, 2.75) is 71.6 Å². The van der Waals surface area contributed by atoms with Gasteiger partial charge in [0.05, 0.1) is 11.4 Å². The second-order valence-electron chi connectivity index (χ2n) is 10.7. The first kappa shape index (κ1) is 25.5. The number of hydrazone groups is 2. The van der Waals surface area contributed by atoms with Gasteiger partial charge < -0.3 is 0 Å². The van der Waals surface area contributed by atoms with Crippen LogP contribution in [0.15, 0.2) is 70.9 Å². The number of rotatable bonds is 12.